The Bertz CT molecular complexity index is 1420. The van der Waals surface area contributed by atoms with Crippen LogP contribution in [0.5, 0.6) is 5.75 Å². The molecule has 8 nitrogen and oxygen atoms in total. The maximum absolute atomic E-state index is 13.2. The van der Waals surface area contributed by atoms with Crippen LogP contribution in [0.25, 0.3) is 21.6 Å². The molecule has 0 saturated heterocycles. The lowest BCUT2D eigenvalue weighted by Crippen LogP contribution is -2.14. The van der Waals surface area contributed by atoms with Gasteiger partial charge in [0.2, 0.25) is 0 Å². The van der Waals surface area contributed by atoms with Gasteiger partial charge in [0.05, 0.1) is 25.1 Å². The van der Waals surface area contributed by atoms with Crippen molar-refractivity contribution in [3.63, 3.8) is 0 Å². The predicted octanol–water partition coefficient (Wildman–Crippen LogP) is 4.77. The molecule has 33 heavy (non-hydrogen) atoms. The Labute approximate surface area is 199 Å². The second-order valence-corrected chi connectivity index (χ2v) is 8.72. The number of amides is 1. The Morgan fingerprint density at radius 2 is 1.94 bits per heavy atom. The number of nitrogens with zero attached hydrogens (tertiary/aromatic N) is 5. The van der Waals surface area contributed by atoms with Crippen molar-refractivity contribution < 1.29 is 9.53 Å². The lowest BCUT2D eigenvalue weighted by molar-refractivity contribution is 0.102. The molecule has 4 aromatic heterocycles. The summed E-state index contributed by atoms with van der Waals surface area (Å²) >= 11 is 7.33. The molecule has 0 unspecified atom stereocenters. The zero-order valence-electron chi connectivity index (χ0n) is 18.3. The lowest BCUT2D eigenvalue weighted by atomic mass is 10.0. The number of aryl methyl sites for hydroxylation is 1. The highest BCUT2D eigenvalue weighted by Gasteiger charge is 2.19. The molecule has 0 fully saturated rings. The van der Waals surface area contributed by atoms with Gasteiger partial charge in [0.25, 0.3) is 5.91 Å². The quantitative estimate of drug-likeness (QED) is 0.332. The molecule has 0 radical (unpaired) electrons. The van der Waals surface area contributed by atoms with Crippen LogP contribution in [0.2, 0.25) is 5.15 Å². The molecule has 4 heterocycles. The van der Waals surface area contributed by atoms with Gasteiger partial charge in [-0.25, -0.2) is 15.0 Å². The van der Waals surface area contributed by atoms with Crippen LogP contribution in [0.1, 0.15) is 35.6 Å². The van der Waals surface area contributed by atoms with Crippen molar-refractivity contribution in [3.05, 3.63) is 52.8 Å². The van der Waals surface area contributed by atoms with Gasteiger partial charge in [-0.15, -0.1) is 0 Å². The number of methoxy groups -OCH3 is 1. The van der Waals surface area contributed by atoms with Gasteiger partial charge in [-0.3, -0.25) is 15.1 Å². The Morgan fingerprint density at radius 3 is 2.70 bits per heavy atom. The normalized spacial score (nSPS) is 10.7. The molecule has 4 aromatic rings. The molecule has 1 N–H and O–H groups in total. The van der Waals surface area contributed by atoms with E-state index in [1.165, 1.54) is 30.8 Å². The van der Waals surface area contributed by atoms with Crippen LogP contribution in [0, 0.1) is 24.7 Å². The van der Waals surface area contributed by atoms with E-state index in [-0.39, 0.29) is 17.0 Å². The van der Waals surface area contributed by atoms with Crippen LogP contribution < -0.4 is 10.1 Å². The highest BCUT2D eigenvalue weighted by molar-refractivity contribution is 7.21. The molecule has 4 rings (SSSR count). The van der Waals surface area contributed by atoms with Crippen molar-refractivity contribution in [1.29, 1.82) is 0 Å². The van der Waals surface area contributed by atoms with Gasteiger partial charge in [-0.05, 0) is 25.0 Å². The van der Waals surface area contributed by atoms with Crippen molar-refractivity contribution in [3.8, 4) is 28.7 Å². The SMILES string of the molecule is COc1cnc(Cl)cc1-c1cc(C)ncc1C(=O)Nc1nc2ncc(C#CC(C)C)nc2s1. The number of hydrogen-bond acceptors (Lipinski definition) is 8. The summed E-state index contributed by atoms with van der Waals surface area (Å²) < 4.78 is 5.42. The predicted molar refractivity (Wildman–Crippen MR) is 129 cm³/mol. The minimum atomic E-state index is -0.383. The first kappa shape index (κ1) is 22.6. The number of hydrogen-bond donors (Lipinski definition) is 1. The summed E-state index contributed by atoms with van der Waals surface area (Å²) in [5.41, 5.74) is 3.32. The summed E-state index contributed by atoms with van der Waals surface area (Å²) in [6, 6.07) is 3.45. The van der Waals surface area contributed by atoms with Crippen molar-refractivity contribution in [2.75, 3.05) is 12.4 Å². The molecule has 0 spiro atoms. The largest absolute Gasteiger partial charge is 0.494 e. The van der Waals surface area contributed by atoms with Gasteiger partial charge < -0.3 is 4.74 Å². The number of aromatic nitrogens is 5. The third-order valence-corrected chi connectivity index (χ3v) is 5.52. The van der Waals surface area contributed by atoms with E-state index in [1.54, 1.807) is 18.3 Å². The first-order chi connectivity index (χ1) is 15.8. The van der Waals surface area contributed by atoms with Crippen molar-refractivity contribution >= 4 is 44.5 Å². The summed E-state index contributed by atoms with van der Waals surface area (Å²) in [5.74, 6) is 6.38. The molecular weight excluding hydrogens is 460 g/mol. The highest BCUT2D eigenvalue weighted by Crippen LogP contribution is 2.34. The maximum atomic E-state index is 13.2. The number of thiazole rings is 1. The Hall–Kier alpha value is -3.61. The number of halogens is 1. The number of nitrogens with one attached hydrogen (secondary N) is 1. The average Bonchev–Trinajstić information content (AvgIpc) is 3.18. The number of fused-ring (bicyclic) bond motifs is 1. The maximum Gasteiger partial charge on any atom is 0.259 e. The molecule has 0 saturated carbocycles. The fourth-order valence-electron chi connectivity index (χ4n) is 2.97. The minimum absolute atomic E-state index is 0.227. The van der Waals surface area contributed by atoms with Gasteiger partial charge >= 0.3 is 0 Å². The molecule has 0 aromatic carbocycles. The smallest absolute Gasteiger partial charge is 0.259 e. The molecule has 166 valence electrons. The molecule has 0 atom stereocenters. The van der Waals surface area contributed by atoms with Gasteiger partial charge in [0, 0.05) is 28.9 Å². The summed E-state index contributed by atoms with van der Waals surface area (Å²) in [4.78, 5) is 35.3. The van der Waals surface area contributed by atoms with Gasteiger partial charge in [-0.1, -0.05) is 42.7 Å². The fraction of sp³-hybridized carbons (Fsp3) is 0.217. The van der Waals surface area contributed by atoms with E-state index in [2.05, 4.69) is 42.1 Å². The second kappa shape index (κ2) is 9.48. The number of anilines is 1. The first-order valence-corrected chi connectivity index (χ1v) is 11.2. The standard InChI is InChI=1S/C23H19ClN6O2S/c1-12(2)5-6-14-9-27-20-22(28-14)33-23(29-20)30-21(31)17-10-25-13(3)7-15(17)16-8-19(24)26-11-18(16)32-4/h7-12H,1-4H3,(H,27,29,30,31). The van der Waals surface area contributed by atoms with Crippen LogP contribution in [-0.4, -0.2) is 37.9 Å². The van der Waals surface area contributed by atoms with E-state index in [4.69, 9.17) is 16.3 Å². The molecule has 0 aliphatic carbocycles. The van der Waals surface area contributed by atoms with Crippen molar-refractivity contribution in [2.24, 2.45) is 5.92 Å². The van der Waals surface area contributed by atoms with Crippen LogP contribution >= 0.6 is 22.9 Å². The zero-order chi connectivity index (χ0) is 23.5. The van der Waals surface area contributed by atoms with E-state index in [0.717, 1.165) is 5.69 Å². The lowest BCUT2D eigenvalue weighted by Gasteiger charge is -2.13. The van der Waals surface area contributed by atoms with E-state index in [0.29, 0.717) is 43.7 Å². The number of carbonyl (C=O) groups excluding carboxylic acids is 1. The minimum Gasteiger partial charge on any atom is -0.494 e. The van der Waals surface area contributed by atoms with E-state index >= 15 is 0 Å². The topological polar surface area (TPSA) is 103 Å². The third-order valence-electron chi connectivity index (χ3n) is 4.46. The number of rotatable bonds is 4. The molecular formula is C23H19ClN6O2S. The first-order valence-electron chi connectivity index (χ1n) is 9.97. The second-order valence-electron chi connectivity index (χ2n) is 7.36. The zero-order valence-corrected chi connectivity index (χ0v) is 19.9. The molecule has 0 aliphatic rings. The summed E-state index contributed by atoms with van der Waals surface area (Å²) in [5, 5.41) is 3.48. The van der Waals surface area contributed by atoms with E-state index in [9.17, 15) is 4.79 Å². The monoisotopic (exact) mass is 478 g/mol. The summed E-state index contributed by atoms with van der Waals surface area (Å²) in [7, 11) is 1.53. The Balaban J connectivity index is 1.68. The Kier molecular flexibility index (Phi) is 6.49. The molecule has 10 heteroatoms. The average molecular weight is 479 g/mol. The molecule has 0 bridgehead atoms. The fourth-order valence-corrected chi connectivity index (χ4v) is 3.92. The van der Waals surface area contributed by atoms with Crippen LogP contribution in [0.15, 0.2) is 30.7 Å². The van der Waals surface area contributed by atoms with E-state index < -0.39 is 0 Å². The van der Waals surface area contributed by atoms with Crippen LogP contribution in [-0.2, 0) is 0 Å². The number of ether oxygens (including phenoxy) is 1. The van der Waals surface area contributed by atoms with Gasteiger partial charge in [0.1, 0.15) is 16.6 Å². The van der Waals surface area contributed by atoms with Crippen molar-refractivity contribution in [2.45, 2.75) is 20.8 Å². The number of carbonyl (C=O) groups is 1. The van der Waals surface area contributed by atoms with Crippen molar-refractivity contribution in [1.82, 2.24) is 24.9 Å². The van der Waals surface area contributed by atoms with Crippen LogP contribution in [0.4, 0.5) is 5.13 Å². The van der Waals surface area contributed by atoms with Gasteiger partial charge in [-0.2, -0.15) is 4.98 Å². The molecule has 0 aliphatic heterocycles. The van der Waals surface area contributed by atoms with Gasteiger partial charge in [0.15, 0.2) is 15.6 Å². The van der Waals surface area contributed by atoms with Crippen LogP contribution in [0.3, 0.4) is 0 Å². The number of pyridine rings is 2. The summed E-state index contributed by atoms with van der Waals surface area (Å²) in [6.45, 7) is 5.84. The highest BCUT2D eigenvalue weighted by atomic mass is 35.5. The van der Waals surface area contributed by atoms with E-state index in [1.807, 2.05) is 20.8 Å². The third kappa shape index (κ3) is 5.08. The Morgan fingerprint density at radius 1 is 1.12 bits per heavy atom. The summed E-state index contributed by atoms with van der Waals surface area (Å²) in [6.07, 6.45) is 4.60. The molecule has 1 amide bonds.